The molecule has 130 valence electrons. The van der Waals surface area contributed by atoms with E-state index in [4.69, 9.17) is 0 Å². The van der Waals surface area contributed by atoms with Crippen molar-refractivity contribution in [3.63, 3.8) is 0 Å². The summed E-state index contributed by atoms with van der Waals surface area (Å²) in [6.07, 6.45) is 1.76. The van der Waals surface area contributed by atoms with Crippen LogP contribution in [0.25, 0.3) is 10.2 Å². The lowest BCUT2D eigenvalue weighted by Crippen LogP contribution is -2.33. The Balaban J connectivity index is 1.67. The number of nitrogens with zero attached hydrogens (tertiary/aromatic N) is 2. The number of nitrogens with one attached hydrogen (secondary N) is 1. The number of rotatable bonds is 6. The van der Waals surface area contributed by atoms with Gasteiger partial charge in [0.05, 0.1) is 17.8 Å². The fourth-order valence-corrected chi connectivity index (χ4v) is 3.54. The summed E-state index contributed by atoms with van der Waals surface area (Å²) < 4.78 is 1.50. The Morgan fingerprint density at radius 2 is 2.00 bits per heavy atom. The van der Waals surface area contributed by atoms with Crippen LogP contribution in [-0.4, -0.2) is 15.5 Å². The Hall–Kier alpha value is -2.47. The lowest BCUT2D eigenvalue weighted by atomic mass is 9.96. The number of fused-ring (bicyclic) bond motifs is 1. The van der Waals surface area contributed by atoms with E-state index in [0.717, 1.165) is 10.4 Å². The number of aromatic nitrogens is 2. The number of benzene rings is 1. The summed E-state index contributed by atoms with van der Waals surface area (Å²) in [5, 5.41) is 5.54. The van der Waals surface area contributed by atoms with Crippen molar-refractivity contribution in [1.29, 1.82) is 0 Å². The van der Waals surface area contributed by atoms with Gasteiger partial charge in [-0.25, -0.2) is 4.98 Å². The lowest BCUT2D eigenvalue weighted by Gasteiger charge is -2.23. The number of carbonyl (C=O) groups is 1. The molecule has 3 rings (SSSR count). The highest BCUT2D eigenvalue weighted by Crippen LogP contribution is 2.21. The molecule has 0 unspecified atom stereocenters. The Bertz CT molecular complexity index is 915. The first kappa shape index (κ1) is 17.4. The Kier molecular flexibility index (Phi) is 5.28. The highest BCUT2D eigenvalue weighted by Gasteiger charge is 2.18. The maximum absolute atomic E-state index is 12.4. The molecule has 1 amide bonds. The van der Waals surface area contributed by atoms with Crippen molar-refractivity contribution >= 4 is 27.5 Å². The van der Waals surface area contributed by atoms with Crippen molar-refractivity contribution in [2.45, 2.75) is 32.9 Å². The molecule has 1 aromatic carbocycles. The molecule has 3 aromatic rings. The van der Waals surface area contributed by atoms with Crippen LogP contribution in [-0.2, 0) is 11.3 Å². The van der Waals surface area contributed by atoms with Crippen LogP contribution in [0.4, 0.5) is 0 Å². The van der Waals surface area contributed by atoms with E-state index in [0.29, 0.717) is 11.9 Å². The molecule has 0 aliphatic heterocycles. The van der Waals surface area contributed by atoms with Crippen LogP contribution in [0.2, 0.25) is 0 Å². The molecule has 0 aliphatic rings. The quantitative estimate of drug-likeness (QED) is 0.737. The second kappa shape index (κ2) is 7.61. The summed E-state index contributed by atoms with van der Waals surface area (Å²) in [4.78, 5) is 29.7. The minimum atomic E-state index is -0.0949. The zero-order chi connectivity index (χ0) is 17.8. The number of thiophene rings is 1. The molecule has 0 aliphatic carbocycles. The van der Waals surface area contributed by atoms with Gasteiger partial charge in [-0.3, -0.25) is 14.2 Å². The predicted octanol–water partition coefficient (Wildman–Crippen LogP) is 3.36. The number of aryl methyl sites for hydroxylation is 1. The van der Waals surface area contributed by atoms with Crippen molar-refractivity contribution in [2.24, 2.45) is 5.92 Å². The van der Waals surface area contributed by atoms with E-state index in [1.807, 2.05) is 35.7 Å². The largest absolute Gasteiger partial charge is 0.349 e. The standard InChI is InChI=1S/C19H21N3O2S/c1-13(2)17(14-6-4-3-5-7-14)21-16(23)8-10-22-12-20-18-15(19(22)24)9-11-25-18/h3-7,9,11-13,17H,8,10H2,1-2H3,(H,21,23)/t17-/m1/s1. The van der Waals surface area contributed by atoms with Gasteiger partial charge in [-0.05, 0) is 22.9 Å². The van der Waals surface area contributed by atoms with Gasteiger partial charge in [0.1, 0.15) is 4.83 Å². The minimum absolute atomic E-state index is 0.0390. The number of hydrogen-bond donors (Lipinski definition) is 1. The zero-order valence-electron chi connectivity index (χ0n) is 14.3. The molecule has 0 saturated heterocycles. The first-order valence-corrected chi connectivity index (χ1v) is 9.21. The maximum Gasteiger partial charge on any atom is 0.262 e. The number of amides is 1. The van der Waals surface area contributed by atoms with Gasteiger partial charge in [-0.2, -0.15) is 0 Å². The lowest BCUT2D eigenvalue weighted by molar-refractivity contribution is -0.122. The first-order valence-electron chi connectivity index (χ1n) is 8.33. The molecular formula is C19H21N3O2S. The second-order valence-corrected chi connectivity index (χ2v) is 7.23. The zero-order valence-corrected chi connectivity index (χ0v) is 15.1. The van der Waals surface area contributed by atoms with Gasteiger partial charge >= 0.3 is 0 Å². The van der Waals surface area contributed by atoms with Crippen LogP contribution in [0, 0.1) is 5.92 Å². The van der Waals surface area contributed by atoms with E-state index in [-0.39, 0.29) is 29.8 Å². The molecule has 6 heteroatoms. The minimum Gasteiger partial charge on any atom is -0.349 e. The molecule has 0 spiro atoms. The molecule has 0 bridgehead atoms. The number of carbonyl (C=O) groups excluding carboxylic acids is 1. The van der Waals surface area contributed by atoms with Crippen molar-refractivity contribution in [1.82, 2.24) is 14.9 Å². The van der Waals surface area contributed by atoms with Crippen LogP contribution >= 0.6 is 11.3 Å². The fourth-order valence-electron chi connectivity index (χ4n) is 2.82. The van der Waals surface area contributed by atoms with Gasteiger partial charge in [0, 0.05) is 13.0 Å². The Morgan fingerprint density at radius 3 is 2.72 bits per heavy atom. The second-order valence-electron chi connectivity index (χ2n) is 6.33. The van der Waals surface area contributed by atoms with Gasteiger partial charge in [0.15, 0.2) is 0 Å². The van der Waals surface area contributed by atoms with Crippen molar-refractivity contribution in [3.05, 3.63) is 64.0 Å². The molecule has 0 saturated carbocycles. The summed E-state index contributed by atoms with van der Waals surface area (Å²) in [7, 11) is 0. The SMILES string of the molecule is CC(C)[C@@H](NC(=O)CCn1cnc2sccc2c1=O)c1ccccc1. The van der Waals surface area contributed by atoms with Gasteiger partial charge in [-0.15, -0.1) is 11.3 Å². The maximum atomic E-state index is 12.4. The van der Waals surface area contributed by atoms with Crippen LogP contribution in [0.15, 0.2) is 52.9 Å². The summed E-state index contributed by atoms with van der Waals surface area (Å²) in [5.41, 5.74) is 0.992. The summed E-state index contributed by atoms with van der Waals surface area (Å²) >= 11 is 1.44. The molecular weight excluding hydrogens is 334 g/mol. The molecule has 1 N–H and O–H groups in total. The van der Waals surface area contributed by atoms with Crippen LogP contribution in [0.5, 0.6) is 0 Å². The highest BCUT2D eigenvalue weighted by atomic mass is 32.1. The smallest absolute Gasteiger partial charge is 0.262 e. The van der Waals surface area contributed by atoms with Gasteiger partial charge in [0.25, 0.3) is 5.56 Å². The molecule has 5 nitrogen and oxygen atoms in total. The van der Waals surface area contributed by atoms with E-state index in [1.165, 1.54) is 22.2 Å². The third kappa shape index (κ3) is 3.96. The third-order valence-electron chi connectivity index (χ3n) is 4.17. The normalized spacial score (nSPS) is 12.4. The monoisotopic (exact) mass is 355 g/mol. The van der Waals surface area contributed by atoms with Crippen molar-refractivity contribution in [2.75, 3.05) is 0 Å². The van der Waals surface area contributed by atoms with E-state index in [9.17, 15) is 9.59 Å². The first-order chi connectivity index (χ1) is 12.1. The van der Waals surface area contributed by atoms with Crippen LogP contribution in [0.3, 0.4) is 0 Å². The Labute approximate surface area is 150 Å². The molecule has 0 fully saturated rings. The topological polar surface area (TPSA) is 64.0 Å². The number of hydrogen-bond acceptors (Lipinski definition) is 4. The molecule has 25 heavy (non-hydrogen) atoms. The average Bonchev–Trinajstić information content (AvgIpc) is 3.09. The highest BCUT2D eigenvalue weighted by molar-refractivity contribution is 7.16. The van der Waals surface area contributed by atoms with Crippen LogP contribution in [0.1, 0.15) is 31.9 Å². The van der Waals surface area contributed by atoms with Crippen molar-refractivity contribution < 1.29 is 4.79 Å². The summed E-state index contributed by atoms with van der Waals surface area (Å²) in [6, 6.07) is 11.7. The van der Waals surface area contributed by atoms with Gasteiger partial charge in [0.2, 0.25) is 5.91 Å². The summed E-state index contributed by atoms with van der Waals surface area (Å²) in [6.45, 7) is 4.48. The molecule has 1 atom stereocenters. The summed E-state index contributed by atoms with van der Waals surface area (Å²) in [5.74, 6) is 0.206. The van der Waals surface area contributed by atoms with Crippen molar-refractivity contribution in [3.8, 4) is 0 Å². The molecule has 2 aromatic heterocycles. The third-order valence-corrected chi connectivity index (χ3v) is 4.99. The van der Waals surface area contributed by atoms with Gasteiger partial charge < -0.3 is 5.32 Å². The van der Waals surface area contributed by atoms with Crippen LogP contribution < -0.4 is 10.9 Å². The average molecular weight is 355 g/mol. The molecule has 0 radical (unpaired) electrons. The van der Waals surface area contributed by atoms with E-state index < -0.39 is 0 Å². The van der Waals surface area contributed by atoms with Gasteiger partial charge in [-0.1, -0.05) is 44.2 Å². The van der Waals surface area contributed by atoms with E-state index >= 15 is 0 Å². The van der Waals surface area contributed by atoms with E-state index in [1.54, 1.807) is 6.07 Å². The van der Waals surface area contributed by atoms with E-state index in [2.05, 4.69) is 24.1 Å². The predicted molar refractivity (Wildman–Crippen MR) is 101 cm³/mol. The molecule has 2 heterocycles. The fraction of sp³-hybridized carbons (Fsp3) is 0.316. The Morgan fingerprint density at radius 1 is 1.24 bits per heavy atom.